The number of hydrogen-bond donors (Lipinski definition) is 1. The minimum Gasteiger partial charge on any atom is -0.387 e. The van der Waals surface area contributed by atoms with Gasteiger partial charge < -0.3 is 28.8 Å². The van der Waals surface area contributed by atoms with Gasteiger partial charge in [0.2, 0.25) is 0 Å². The maximum absolute atomic E-state index is 11.5. The van der Waals surface area contributed by atoms with Crippen molar-refractivity contribution in [2.75, 3.05) is 6.61 Å². The molecule has 0 bridgehead atoms. The van der Waals surface area contributed by atoms with E-state index in [1.807, 2.05) is 121 Å². The third kappa shape index (κ3) is 8.08. The Morgan fingerprint density at radius 2 is 0.900 bits per heavy atom. The Labute approximate surface area is 236 Å². The predicted molar refractivity (Wildman–Crippen MR) is 152 cm³/mol. The highest BCUT2D eigenvalue weighted by Gasteiger charge is 2.47. The summed E-state index contributed by atoms with van der Waals surface area (Å²) in [5.41, 5.74) is 4.07. The van der Waals surface area contributed by atoms with Gasteiger partial charge in [0.25, 0.3) is 0 Å². The average molecular weight is 541 g/mol. The van der Waals surface area contributed by atoms with E-state index in [4.69, 9.17) is 23.7 Å². The molecule has 1 saturated heterocycles. The molecule has 4 aromatic rings. The first-order chi connectivity index (χ1) is 19.8. The van der Waals surface area contributed by atoms with E-state index in [0.717, 1.165) is 22.3 Å². The molecular weight excluding hydrogens is 504 g/mol. The molecule has 1 N–H and O–H groups in total. The first kappa shape index (κ1) is 28.2. The van der Waals surface area contributed by atoms with Crippen molar-refractivity contribution in [3.63, 3.8) is 0 Å². The lowest BCUT2D eigenvalue weighted by atomic mass is 9.98. The van der Waals surface area contributed by atoms with E-state index in [1.54, 1.807) is 0 Å². The fraction of sp³-hybridized carbons (Fsp3) is 0.294. The van der Waals surface area contributed by atoms with Crippen LogP contribution in [0.1, 0.15) is 22.3 Å². The van der Waals surface area contributed by atoms with E-state index in [1.165, 1.54) is 0 Å². The minimum atomic E-state index is -0.989. The maximum Gasteiger partial charge on any atom is 0.187 e. The van der Waals surface area contributed by atoms with Crippen LogP contribution in [0.2, 0.25) is 0 Å². The number of aliphatic hydroxyl groups is 1. The molecule has 4 aromatic carbocycles. The Balaban J connectivity index is 1.34. The van der Waals surface area contributed by atoms with Gasteiger partial charge in [0.1, 0.15) is 24.4 Å². The van der Waals surface area contributed by atoms with Crippen molar-refractivity contribution in [3.05, 3.63) is 144 Å². The topological polar surface area (TPSA) is 66.4 Å². The Bertz CT molecular complexity index is 1240. The summed E-state index contributed by atoms with van der Waals surface area (Å²) in [6.45, 7) is 1.56. The number of benzene rings is 4. The van der Waals surface area contributed by atoms with E-state index < -0.39 is 30.7 Å². The highest BCUT2D eigenvalue weighted by Crippen LogP contribution is 2.29. The van der Waals surface area contributed by atoms with Crippen molar-refractivity contribution in [2.24, 2.45) is 0 Å². The van der Waals surface area contributed by atoms with Crippen LogP contribution in [0.3, 0.4) is 0 Å². The molecule has 1 fully saturated rings. The van der Waals surface area contributed by atoms with Gasteiger partial charge in [0.05, 0.1) is 33.0 Å². The van der Waals surface area contributed by atoms with Gasteiger partial charge in [-0.2, -0.15) is 0 Å². The molecule has 0 saturated carbocycles. The van der Waals surface area contributed by atoms with Crippen LogP contribution in [-0.4, -0.2) is 42.4 Å². The second kappa shape index (κ2) is 14.9. The fourth-order valence-electron chi connectivity index (χ4n) is 4.68. The Morgan fingerprint density at radius 1 is 0.500 bits per heavy atom. The number of hydrogen-bond acceptors (Lipinski definition) is 6. The molecule has 208 valence electrons. The van der Waals surface area contributed by atoms with E-state index in [9.17, 15) is 5.11 Å². The van der Waals surface area contributed by atoms with Crippen LogP contribution < -0.4 is 0 Å². The summed E-state index contributed by atoms with van der Waals surface area (Å²) in [4.78, 5) is 0. The van der Waals surface area contributed by atoms with Crippen molar-refractivity contribution in [2.45, 2.75) is 57.1 Å². The summed E-state index contributed by atoms with van der Waals surface area (Å²) in [6.07, 6.45) is -3.81. The lowest BCUT2D eigenvalue weighted by molar-refractivity contribution is -0.324. The molecule has 5 atom stereocenters. The average Bonchev–Trinajstić information content (AvgIpc) is 3.01. The van der Waals surface area contributed by atoms with Crippen molar-refractivity contribution in [3.8, 4) is 0 Å². The van der Waals surface area contributed by atoms with Crippen LogP contribution in [0.15, 0.2) is 121 Å². The predicted octanol–water partition coefficient (Wildman–Crippen LogP) is 5.68. The van der Waals surface area contributed by atoms with E-state index in [-0.39, 0.29) is 6.61 Å². The molecule has 1 aliphatic rings. The summed E-state index contributed by atoms with van der Waals surface area (Å²) in [5.74, 6) is 0. The van der Waals surface area contributed by atoms with E-state index >= 15 is 0 Å². The molecule has 0 aromatic heterocycles. The normalized spacial score (nSPS) is 22.7. The highest BCUT2D eigenvalue weighted by molar-refractivity contribution is 5.16. The second-order valence-electron chi connectivity index (χ2n) is 9.85. The van der Waals surface area contributed by atoms with E-state index in [0.29, 0.717) is 26.4 Å². The number of aliphatic hydroxyl groups excluding tert-OH is 1. The zero-order valence-corrected chi connectivity index (χ0v) is 22.5. The van der Waals surface area contributed by atoms with Gasteiger partial charge in [0.15, 0.2) is 6.29 Å². The largest absolute Gasteiger partial charge is 0.387 e. The molecule has 0 unspecified atom stereocenters. The molecule has 0 spiro atoms. The van der Waals surface area contributed by atoms with Crippen molar-refractivity contribution in [1.29, 1.82) is 0 Å². The molecule has 5 rings (SSSR count). The van der Waals surface area contributed by atoms with Crippen LogP contribution >= 0.6 is 0 Å². The van der Waals surface area contributed by atoms with Crippen LogP contribution in [0.25, 0.3) is 0 Å². The van der Waals surface area contributed by atoms with Crippen LogP contribution in [0.5, 0.6) is 0 Å². The summed E-state index contributed by atoms with van der Waals surface area (Å²) in [6, 6.07) is 39.6. The lowest BCUT2D eigenvalue weighted by Gasteiger charge is -2.44. The molecule has 0 radical (unpaired) electrons. The molecule has 0 amide bonds. The van der Waals surface area contributed by atoms with Crippen molar-refractivity contribution in [1.82, 2.24) is 0 Å². The van der Waals surface area contributed by atoms with Crippen LogP contribution in [-0.2, 0) is 50.1 Å². The van der Waals surface area contributed by atoms with Gasteiger partial charge in [-0.15, -0.1) is 0 Å². The standard InChI is InChI=1S/C34H36O6/c35-31-30(25-36-21-26-13-5-1-6-14-26)40-34(39-24-29-19-11-4-12-20-29)33(38-23-28-17-9-3-10-18-28)32(31)37-22-27-15-7-2-8-16-27/h1-20,30-35H,21-25H2/t30-,31+,32+,33-,34+/m1/s1. The Kier molecular flexibility index (Phi) is 10.5. The van der Waals surface area contributed by atoms with Gasteiger partial charge in [-0.3, -0.25) is 0 Å². The third-order valence-corrected chi connectivity index (χ3v) is 6.84. The summed E-state index contributed by atoms with van der Waals surface area (Å²) in [5, 5.41) is 11.5. The van der Waals surface area contributed by atoms with E-state index in [2.05, 4.69) is 0 Å². The molecule has 40 heavy (non-hydrogen) atoms. The molecule has 0 aliphatic carbocycles. The molecule has 1 aliphatic heterocycles. The molecule has 1 heterocycles. The SMILES string of the molecule is O[C@@H]1[C@H](OCc2ccccc2)[C@@H](OCc2ccccc2)[C@@H](OCc2ccccc2)O[C@@H]1COCc1ccccc1. The lowest BCUT2D eigenvalue weighted by Crippen LogP contribution is -2.61. The first-order valence-corrected chi connectivity index (χ1v) is 13.7. The number of ether oxygens (including phenoxy) is 5. The van der Waals surface area contributed by atoms with Gasteiger partial charge in [0, 0.05) is 0 Å². The van der Waals surface area contributed by atoms with Crippen LogP contribution in [0, 0.1) is 0 Å². The number of rotatable bonds is 13. The molecule has 6 heteroatoms. The first-order valence-electron chi connectivity index (χ1n) is 13.7. The zero-order chi connectivity index (χ0) is 27.4. The monoisotopic (exact) mass is 540 g/mol. The van der Waals surface area contributed by atoms with Gasteiger partial charge >= 0.3 is 0 Å². The second-order valence-corrected chi connectivity index (χ2v) is 9.85. The van der Waals surface area contributed by atoms with Crippen LogP contribution in [0.4, 0.5) is 0 Å². The van der Waals surface area contributed by atoms with Gasteiger partial charge in [-0.05, 0) is 22.3 Å². The summed E-state index contributed by atoms with van der Waals surface area (Å²) < 4.78 is 31.4. The van der Waals surface area contributed by atoms with Crippen molar-refractivity contribution >= 4 is 0 Å². The van der Waals surface area contributed by atoms with Gasteiger partial charge in [-0.1, -0.05) is 121 Å². The van der Waals surface area contributed by atoms with Gasteiger partial charge in [-0.25, -0.2) is 0 Å². The fourth-order valence-corrected chi connectivity index (χ4v) is 4.68. The summed E-state index contributed by atoms with van der Waals surface area (Å²) >= 11 is 0. The third-order valence-electron chi connectivity index (χ3n) is 6.84. The quantitative estimate of drug-likeness (QED) is 0.236. The maximum atomic E-state index is 11.5. The smallest absolute Gasteiger partial charge is 0.187 e. The Morgan fingerprint density at radius 3 is 1.38 bits per heavy atom. The molecular formula is C34H36O6. The highest BCUT2D eigenvalue weighted by atomic mass is 16.7. The zero-order valence-electron chi connectivity index (χ0n) is 22.5. The Hall–Kier alpha value is -3.36. The van der Waals surface area contributed by atoms with Crippen molar-refractivity contribution < 1.29 is 28.8 Å². The summed E-state index contributed by atoms with van der Waals surface area (Å²) in [7, 11) is 0. The molecule has 6 nitrogen and oxygen atoms in total. The minimum absolute atomic E-state index is 0.178.